The molecular formula is C20H20Cl2N2O6S. The smallest absolute Gasteiger partial charge is 0.338 e. The first kappa shape index (κ1) is 23.5. The predicted octanol–water partition coefficient (Wildman–Crippen LogP) is 3.12. The quantitative estimate of drug-likeness (QED) is 0.629. The fourth-order valence-electron chi connectivity index (χ4n) is 2.94. The molecule has 1 saturated heterocycles. The number of esters is 1. The first-order valence-corrected chi connectivity index (χ1v) is 11.5. The van der Waals surface area contributed by atoms with E-state index in [2.05, 4.69) is 5.32 Å². The summed E-state index contributed by atoms with van der Waals surface area (Å²) in [6, 6.07) is 8.95. The molecule has 1 aliphatic heterocycles. The van der Waals surface area contributed by atoms with Crippen LogP contribution in [0.4, 0.5) is 5.69 Å². The Morgan fingerprint density at radius 3 is 2.42 bits per heavy atom. The van der Waals surface area contributed by atoms with E-state index in [1.165, 1.54) is 22.5 Å². The zero-order chi connectivity index (χ0) is 22.6. The van der Waals surface area contributed by atoms with Crippen molar-refractivity contribution < 1.29 is 27.5 Å². The Balaban J connectivity index is 1.69. The number of morpholine rings is 1. The number of amides is 1. The van der Waals surface area contributed by atoms with Crippen LogP contribution in [0, 0.1) is 6.92 Å². The van der Waals surface area contributed by atoms with Crippen LogP contribution in [-0.4, -0.2) is 57.5 Å². The van der Waals surface area contributed by atoms with Crippen molar-refractivity contribution in [3.63, 3.8) is 0 Å². The highest BCUT2D eigenvalue weighted by atomic mass is 35.5. The summed E-state index contributed by atoms with van der Waals surface area (Å²) in [6.07, 6.45) is 0. The van der Waals surface area contributed by atoms with Gasteiger partial charge in [0.05, 0.1) is 39.4 Å². The second kappa shape index (κ2) is 9.97. The topological polar surface area (TPSA) is 102 Å². The SMILES string of the molecule is Cc1ccc(C(=O)OCC(=O)Nc2c(Cl)cccc2Cl)cc1S(=O)(=O)N1CCOCC1. The normalized spacial score (nSPS) is 14.8. The minimum absolute atomic E-state index is 0.0103. The molecule has 1 fully saturated rings. The van der Waals surface area contributed by atoms with Gasteiger partial charge >= 0.3 is 5.97 Å². The number of sulfonamides is 1. The summed E-state index contributed by atoms with van der Waals surface area (Å²) in [5.74, 6) is -1.48. The molecule has 1 N–H and O–H groups in total. The highest BCUT2D eigenvalue weighted by Crippen LogP contribution is 2.29. The first-order chi connectivity index (χ1) is 14.7. The number of hydrogen-bond acceptors (Lipinski definition) is 6. The van der Waals surface area contributed by atoms with E-state index >= 15 is 0 Å². The van der Waals surface area contributed by atoms with Crippen LogP contribution in [0.3, 0.4) is 0 Å². The molecule has 1 aliphatic rings. The van der Waals surface area contributed by atoms with E-state index in [4.69, 9.17) is 32.7 Å². The monoisotopic (exact) mass is 486 g/mol. The number of rotatable bonds is 6. The summed E-state index contributed by atoms with van der Waals surface area (Å²) in [5.41, 5.74) is 0.719. The molecule has 0 radical (unpaired) electrons. The molecule has 0 saturated carbocycles. The third-order valence-electron chi connectivity index (χ3n) is 4.57. The third kappa shape index (κ3) is 5.55. The Kier molecular flexibility index (Phi) is 7.55. The standard InChI is InChI=1S/C20H20Cl2N2O6S/c1-13-5-6-14(11-17(13)31(27,28)24-7-9-29-10-8-24)20(26)30-12-18(25)23-19-15(21)3-2-4-16(19)22/h2-6,11H,7-10,12H2,1H3,(H,23,25). The van der Waals surface area contributed by atoms with Crippen molar-refractivity contribution in [3.8, 4) is 0 Å². The number of benzene rings is 2. The predicted molar refractivity (Wildman–Crippen MR) is 116 cm³/mol. The lowest BCUT2D eigenvalue weighted by atomic mass is 10.1. The van der Waals surface area contributed by atoms with Crippen LogP contribution in [0.25, 0.3) is 0 Å². The second-order valence-electron chi connectivity index (χ2n) is 6.72. The number of ether oxygens (including phenoxy) is 2. The zero-order valence-corrected chi connectivity index (χ0v) is 18.9. The number of nitrogens with zero attached hydrogens (tertiary/aromatic N) is 1. The van der Waals surface area contributed by atoms with Crippen molar-refractivity contribution in [2.24, 2.45) is 0 Å². The molecule has 2 aromatic carbocycles. The van der Waals surface area contributed by atoms with Crippen LogP contribution in [0.5, 0.6) is 0 Å². The lowest BCUT2D eigenvalue weighted by Gasteiger charge is -2.26. The maximum absolute atomic E-state index is 12.9. The summed E-state index contributed by atoms with van der Waals surface area (Å²) in [7, 11) is -3.79. The largest absolute Gasteiger partial charge is 0.452 e. The highest BCUT2D eigenvalue weighted by Gasteiger charge is 2.28. The molecule has 166 valence electrons. The van der Waals surface area contributed by atoms with E-state index < -0.39 is 28.5 Å². The first-order valence-electron chi connectivity index (χ1n) is 9.29. The van der Waals surface area contributed by atoms with Gasteiger partial charge in [-0.05, 0) is 36.8 Å². The summed E-state index contributed by atoms with van der Waals surface area (Å²) in [6.45, 7) is 2.14. The Morgan fingerprint density at radius 2 is 1.77 bits per heavy atom. The van der Waals surface area contributed by atoms with Gasteiger partial charge in [-0.25, -0.2) is 13.2 Å². The number of carbonyl (C=O) groups is 2. The summed E-state index contributed by atoms with van der Waals surface area (Å²) >= 11 is 12.0. The van der Waals surface area contributed by atoms with Crippen molar-refractivity contribution in [1.29, 1.82) is 0 Å². The molecule has 11 heteroatoms. The van der Waals surface area contributed by atoms with Gasteiger partial charge in [-0.3, -0.25) is 4.79 Å². The molecular weight excluding hydrogens is 467 g/mol. The fourth-order valence-corrected chi connectivity index (χ4v) is 5.09. The third-order valence-corrected chi connectivity index (χ3v) is 7.24. The molecule has 8 nitrogen and oxygen atoms in total. The molecule has 1 heterocycles. The molecule has 1 amide bonds. The number of carbonyl (C=O) groups excluding carboxylic acids is 2. The number of aryl methyl sites for hydroxylation is 1. The van der Waals surface area contributed by atoms with Gasteiger partial charge < -0.3 is 14.8 Å². The average molecular weight is 487 g/mol. The molecule has 0 spiro atoms. The van der Waals surface area contributed by atoms with Gasteiger partial charge in [0.2, 0.25) is 10.0 Å². The summed E-state index contributed by atoms with van der Waals surface area (Å²) < 4.78 is 37.4. The second-order valence-corrected chi connectivity index (χ2v) is 9.44. The summed E-state index contributed by atoms with van der Waals surface area (Å²) in [4.78, 5) is 24.5. The van der Waals surface area contributed by atoms with Crippen LogP contribution in [0.15, 0.2) is 41.3 Å². The van der Waals surface area contributed by atoms with Gasteiger partial charge in [0.15, 0.2) is 6.61 Å². The Labute approximate surface area is 190 Å². The van der Waals surface area contributed by atoms with Crippen molar-refractivity contribution >= 4 is 50.8 Å². The van der Waals surface area contributed by atoms with Gasteiger partial charge in [0.25, 0.3) is 5.91 Å². The van der Waals surface area contributed by atoms with E-state index in [0.29, 0.717) is 18.8 Å². The zero-order valence-electron chi connectivity index (χ0n) is 16.6. The molecule has 0 unspecified atom stereocenters. The van der Waals surface area contributed by atoms with Crippen molar-refractivity contribution in [2.75, 3.05) is 38.2 Å². The number of nitrogens with one attached hydrogen (secondary N) is 1. The number of hydrogen-bond donors (Lipinski definition) is 1. The van der Waals surface area contributed by atoms with Crippen LogP contribution in [0.1, 0.15) is 15.9 Å². The molecule has 3 rings (SSSR count). The van der Waals surface area contributed by atoms with Crippen LogP contribution in [-0.2, 0) is 24.3 Å². The lowest BCUT2D eigenvalue weighted by molar-refractivity contribution is -0.119. The van der Waals surface area contributed by atoms with E-state index in [0.717, 1.165) is 0 Å². The molecule has 2 aromatic rings. The minimum Gasteiger partial charge on any atom is -0.452 e. The Morgan fingerprint density at radius 1 is 1.13 bits per heavy atom. The molecule has 0 atom stereocenters. The van der Waals surface area contributed by atoms with Crippen LogP contribution < -0.4 is 5.32 Å². The number of para-hydroxylation sites is 1. The van der Waals surface area contributed by atoms with Gasteiger partial charge in [-0.15, -0.1) is 0 Å². The van der Waals surface area contributed by atoms with Gasteiger partial charge in [0, 0.05) is 13.1 Å². The van der Waals surface area contributed by atoms with E-state index in [-0.39, 0.29) is 39.3 Å². The maximum Gasteiger partial charge on any atom is 0.338 e. The lowest BCUT2D eigenvalue weighted by Crippen LogP contribution is -2.40. The van der Waals surface area contributed by atoms with Crippen molar-refractivity contribution in [1.82, 2.24) is 4.31 Å². The van der Waals surface area contributed by atoms with Gasteiger partial charge in [-0.1, -0.05) is 35.3 Å². The molecule has 31 heavy (non-hydrogen) atoms. The Bertz CT molecular complexity index is 1080. The van der Waals surface area contributed by atoms with Crippen LogP contribution in [0.2, 0.25) is 10.0 Å². The number of halogens is 2. The van der Waals surface area contributed by atoms with Crippen LogP contribution >= 0.6 is 23.2 Å². The van der Waals surface area contributed by atoms with E-state index in [9.17, 15) is 18.0 Å². The summed E-state index contributed by atoms with van der Waals surface area (Å²) in [5, 5.41) is 2.96. The molecule has 0 aromatic heterocycles. The fraction of sp³-hybridized carbons (Fsp3) is 0.300. The van der Waals surface area contributed by atoms with Crippen molar-refractivity contribution in [2.45, 2.75) is 11.8 Å². The Hall–Kier alpha value is -2.17. The maximum atomic E-state index is 12.9. The highest BCUT2D eigenvalue weighted by molar-refractivity contribution is 7.89. The molecule has 0 bridgehead atoms. The minimum atomic E-state index is -3.79. The average Bonchev–Trinajstić information content (AvgIpc) is 2.75. The van der Waals surface area contributed by atoms with Gasteiger partial charge in [-0.2, -0.15) is 4.31 Å². The van der Waals surface area contributed by atoms with Gasteiger partial charge in [0.1, 0.15) is 0 Å². The molecule has 0 aliphatic carbocycles. The van der Waals surface area contributed by atoms with E-state index in [1.54, 1.807) is 25.1 Å². The van der Waals surface area contributed by atoms with Crippen molar-refractivity contribution in [3.05, 3.63) is 57.6 Å². The van der Waals surface area contributed by atoms with E-state index in [1.807, 2.05) is 0 Å². The number of anilines is 1.